The van der Waals surface area contributed by atoms with Gasteiger partial charge >= 0.3 is 0 Å². The fourth-order valence-electron chi connectivity index (χ4n) is 4.37. The van der Waals surface area contributed by atoms with E-state index in [9.17, 15) is 14.4 Å². The number of piperidine rings is 1. The lowest BCUT2D eigenvalue weighted by molar-refractivity contribution is 0.0722. The third-order valence-corrected chi connectivity index (χ3v) is 6.01. The van der Waals surface area contributed by atoms with Crippen LogP contribution in [0.4, 0.5) is 0 Å². The van der Waals surface area contributed by atoms with Crippen LogP contribution in [-0.2, 0) is 6.54 Å². The van der Waals surface area contributed by atoms with E-state index in [0.717, 1.165) is 24.8 Å². The van der Waals surface area contributed by atoms with Gasteiger partial charge in [0.15, 0.2) is 0 Å². The molecule has 1 unspecified atom stereocenters. The van der Waals surface area contributed by atoms with Crippen molar-refractivity contribution in [3.05, 3.63) is 93.8 Å². The van der Waals surface area contributed by atoms with Crippen molar-refractivity contribution in [1.82, 2.24) is 14.8 Å². The Kier molecular flexibility index (Phi) is 7.30. The third-order valence-electron chi connectivity index (χ3n) is 6.01. The number of rotatable bonds is 7. The molecule has 1 atom stereocenters. The van der Waals surface area contributed by atoms with Gasteiger partial charge in [0.2, 0.25) is 5.43 Å². The SMILES string of the molecule is CC(C)Cn1cc(C(=O)NC(c2ccccc2)c2ccco2)c(=O)c(C(=O)N2CCCCC2)c1. The van der Waals surface area contributed by atoms with Crippen molar-refractivity contribution in [2.24, 2.45) is 5.92 Å². The topological polar surface area (TPSA) is 84.5 Å². The first-order valence-corrected chi connectivity index (χ1v) is 11.9. The van der Waals surface area contributed by atoms with Crippen LogP contribution in [0.3, 0.4) is 0 Å². The smallest absolute Gasteiger partial charge is 0.259 e. The number of carbonyl (C=O) groups excluding carboxylic acids is 2. The molecule has 7 nitrogen and oxygen atoms in total. The summed E-state index contributed by atoms with van der Waals surface area (Å²) in [5.41, 5.74) is 0.286. The Bertz CT molecular complexity index is 1180. The molecule has 1 aliphatic rings. The monoisotopic (exact) mass is 461 g/mol. The highest BCUT2D eigenvalue weighted by molar-refractivity contribution is 5.99. The first-order chi connectivity index (χ1) is 16.4. The Morgan fingerprint density at radius 3 is 2.32 bits per heavy atom. The normalized spacial score (nSPS) is 14.7. The molecule has 0 radical (unpaired) electrons. The summed E-state index contributed by atoms with van der Waals surface area (Å²) in [6.07, 6.45) is 7.62. The molecule has 2 aromatic heterocycles. The van der Waals surface area contributed by atoms with Gasteiger partial charge in [0.1, 0.15) is 22.9 Å². The van der Waals surface area contributed by atoms with E-state index in [2.05, 4.69) is 5.32 Å². The van der Waals surface area contributed by atoms with Crippen LogP contribution in [0, 0.1) is 5.92 Å². The Balaban J connectivity index is 1.70. The molecule has 0 saturated carbocycles. The molecule has 1 saturated heterocycles. The maximum absolute atomic E-state index is 13.4. The van der Waals surface area contributed by atoms with Gasteiger partial charge in [-0.3, -0.25) is 14.4 Å². The van der Waals surface area contributed by atoms with Crippen LogP contribution in [0.5, 0.6) is 0 Å². The van der Waals surface area contributed by atoms with Gasteiger partial charge in [0, 0.05) is 32.0 Å². The van der Waals surface area contributed by atoms with E-state index in [1.54, 1.807) is 40.3 Å². The van der Waals surface area contributed by atoms with Crippen molar-refractivity contribution < 1.29 is 14.0 Å². The molecule has 7 heteroatoms. The Labute approximate surface area is 199 Å². The summed E-state index contributed by atoms with van der Waals surface area (Å²) in [6, 6.07) is 12.4. The number of amides is 2. The van der Waals surface area contributed by atoms with Gasteiger partial charge in [-0.15, -0.1) is 0 Å². The zero-order valence-electron chi connectivity index (χ0n) is 19.7. The van der Waals surface area contributed by atoms with Gasteiger partial charge in [0.05, 0.1) is 6.26 Å². The summed E-state index contributed by atoms with van der Waals surface area (Å²) in [6.45, 7) is 5.95. The van der Waals surface area contributed by atoms with Gasteiger partial charge in [-0.25, -0.2) is 0 Å². The highest BCUT2D eigenvalue weighted by Gasteiger charge is 2.27. The molecule has 1 N–H and O–H groups in total. The molecule has 3 aromatic rings. The number of nitrogens with zero attached hydrogens (tertiary/aromatic N) is 2. The quantitative estimate of drug-likeness (QED) is 0.570. The minimum atomic E-state index is -0.567. The fraction of sp³-hybridized carbons (Fsp3) is 0.370. The van der Waals surface area contributed by atoms with Crippen LogP contribution in [0.25, 0.3) is 0 Å². The van der Waals surface area contributed by atoms with Crippen molar-refractivity contribution in [3.8, 4) is 0 Å². The molecule has 2 amide bonds. The predicted molar refractivity (Wildman–Crippen MR) is 130 cm³/mol. The number of aromatic nitrogens is 1. The Hall–Kier alpha value is -3.61. The van der Waals surface area contributed by atoms with Gasteiger partial charge in [-0.05, 0) is 42.9 Å². The van der Waals surface area contributed by atoms with E-state index in [-0.39, 0.29) is 23.0 Å². The molecular weight excluding hydrogens is 430 g/mol. The average Bonchev–Trinajstić information content (AvgIpc) is 3.38. The number of benzene rings is 1. The average molecular weight is 462 g/mol. The van der Waals surface area contributed by atoms with Crippen molar-refractivity contribution in [2.45, 2.75) is 45.7 Å². The largest absolute Gasteiger partial charge is 0.467 e. The number of nitrogens with one attached hydrogen (secondary N) is 1. The second-order valence-corrected chi connectivity index (χ2v) is 9.19. The van der Waals surface area contributed by atoms with Crippen LogP contribution in [0.2, 0.25) is 0 Å². The van der Waals surface area contributed by atoms with Gasteiger partial charge in [0.25, 0.3) is 11.8 Å². The molecule has 1 aromatic carbocycles. The van der Waals surface area contributed by atoms with Crippen LogP contribution in [-0.4, -0.2) is 34.4 Å². The summed E-state index contributed by atoms with van der Waals surface area (Å²) < 4.78 is 7.36. The Morgan fingerprint density at radius 1 is 0.971 bits per heavy atom. The van der Waals surface area contributed by atoms with E-state index in [4.69, 9.17) is 4.42 Å². The minimum Gasteiger partial charge on any atom is -0.467 e. The fourth-order valence-corrected chi connectivity index (χ4v) is 4.37. The summed E-state index contributed by atoms with van der Waals surface area (Å²) in [5.74, 6) is -0.0114. The number of hydrogen-bond acceptors (Lipinski definition) is 4. The second-order valence-electron chi connectivity index (χ2n) is 9.19. The molecule has 0 aliphatic carbocycles. The lowest BCUT2D eigenvalue weighted by atomic mass is 10.0. The number of furan rings is 1. The van der Waals surface area contributed by atoms with Crippen LogP contribution < -0.4 is 10.7 Å². The maximum Gasteiger partial charge on any atom is 0.259 e. The molecule has 34 heavy (non-hydrogen) atoms. The van der Waals surface area contributed by atoms with E-state index < -0.39 is 17.4 Å². The van der Waals surface area contributed by atoms with Crippen molar-refractivity contribution in [1.29, 1.82) is 0 Å². The lowest BCUT2D eigenvalue weighted by Crippen LogP contribution is -2.40. The number of hydrogen-bond donors (Lipinski definition) is 1. The molecule has 0 spiro atoms. The lowest BCUT2D eigenvalue weighted by Gasteiger charge is -2.27. The van der Waals surface area contributed by atoms with Crippen LogP contribution >= 0.6 is 0 Å². The standard InChI is InChI=1S/C27H31N3O4/c1-19(2)16-29-17-21(25(31)22(18-29)27(33)30-13-7-4-8-14-30)26(32)28-24(23-12-9-15-34-23)20-10-5-3-6-11-20/h3,5-6,9-12,15,17-19,24H,4,7-8,13-14,16H2,1-2H3,(H,28,32). The van der Waals surface area contributed by atoms with Crippen molar-refractivity contribution in [3.63, 3.8) is 0 Å². The summed E-state index contributed by atoms with van der Waals surface area (Å²) in [5, 5.41) is 2.95. The number of likely N-dealkylation sites (tertiary alicyclic amines) is 1. The van der Waals surface area contributed by atoms with Crippen molar-refractivity contribution in [2.75, 3.05) is 13.1 Å². The molecule has 1 aliphatic heterocycles. The molecule has 0 bridgehead atoms. The molecule has 178 valence electrons. The van der Waals surface area contributed by atoms with E-state index in [0.29, 0.717) is 25.4 Å². The summed E-state index contributed by atoms with van der Waals surface area (Å²) >= 11 is 0. The van der Waals surface area contributed by atoms with Gasteiger partial charge < -0.3 is 19.2 Å². The predicted octanol–water partition coefficient (Wildman–Crippen LogP) is 4.24. The zero-order chi connectivity index (χ0) is 24.1. The molecular formula is C27H31N3O4. The van der Waals surface area contributed by atoms with Crippen LogP contribution in [0.1, 0.15) is 71.2 Å². The number of pyridine rings is 1. The zero-order valence-corrected chi connectivity index (χ0v) is 19.7. The van der Waals surface area contributed by atoms with E-state index in [1.165, 1.54) is 0 Å². The van der Waals surface area contributed by atoms with Crippen LogP contribution in [0.15, 0.2) is 70.3 Å². The first kappa shape index (κ1) is 23.5. The maximum atomic E-state index is 13.4. The number of carbonyl (C=O) groups is 2. The highest BCUT2D eigenvalue weighted by atomic mass is 16.3. The van der Waals surface area contributed by atoms with Gasteiger partial charge in [-0.1, -0.05) is 44.2 Å². The first-order valence-electron chi connectivity index (χ1n) is 11.9. The summed E-state index contributed by atoms with van der Waals surface area (Å²) in [4.78, 5) is 41.8. The molecule has 1 fully saturated rings. The Morgan fingerprint density at radius 2 is 1.68 bits per heavy atom. The molecule has 4 rings (SSSR count). The highest BCUT2D eigenvalue weighted by Crippen LogP contribution is 2.23. The van der Waals surface area contributed by atoms with Crippen molar-refractivity contribution >= 4 is 11.8 Å². The minimum absolute atomic E-state index is 0.0454. The second kappa shape index (κ2) is 10.5. The third kappa shape index (κ3) is 5.30. The van der Waals surface area contributed by atoms with E-state index >= 15 is 0 Å². The summed E-state index contributed by atoms with van der Waals surface area (Å²) in [7, 11) is 0. The molecule has 3 heterocycles. The van der Waals surface area contributed by atoms with E-state index in [1.807, 2.05) is 44.2 Å². The van der Waals surface area contributed by atoms with Gasteiger partial charge in [-0.2, -0.15) is 0 Å².